The number of nitrogens with zero attached hydrogens (tertiary/aromatic N) is 2. The average molecular weight is 254 g/mol. The van der Waals surface area contributed by atoms with E-state index in [4.69, 9.17) is 0 Å². The van der Waals surface area contributed by atoms with Crippen molar-refractivity contribution in [2.24, 2.45) is 5.92 Å². The lowest BCUT2D eigenvalue weighted by molar-refractivity contribution is -0.112. The van der Waals surface area contributed by atoms with Crippen LogP contribution in [-0.4, -0.2) is 29.3 Å². The predicted molar refractivity (Wildman–Crippen MR) is 75.8 cm³/mol. The number of para-hydroxylation sites is 1. The number of aromatic nitrogens is 1. The van der Waals surface area contributed by atoms with Gasteiger partial charge in [0.1, 0.15) is 6.29 Å². The summed E-state index contributed by atoms with van der Waals surface area (Å²) in [7, 11) is 0. The second kappa shape index (κ2) is 5.49. The van der Waals surface area contributed by atoms with E-state index in [1.54, 1.807) is 0 Å². The third-order valence-electron chi connectivity index (χ3n) is 3.93. The zero-order valence-electron chi connectivity index (χ0n) is 11.0. The summed E-state index contributed by atoms with van der Waals surface area (Å²) in [6, 6.07) is 10.4. The number of fused-ring (bicyclic) bond motifs is 1. The van der Waals surface area contributed by atoms with Crippen LogP contribution in [-0.2, 0) is 11.3 Å². The molecule has 3 rings (SSSR count). The third-order valence-corrected chi connectivity index (χ3v) is 3.93. The van der Waals surface area contributed by atoms with Crippen molar-refractivity contribution in [1.29, 1.82) is 0 Å². The number of likely N-dealkylation sites (tertiary alicyclic amines) is 1. The number of carbonyl (C=O) groups excluding carboxylic acids is 1. The minimum Gasteiger partial charge on any atom is -0.303 e. The lowest BCUT2D eigenvalue weighted by atomic mass is 9.98. The fourth-order valence-electron chi connectivity index (χ4n) is 2.78. The molecule has 0 radical (unpaired) electrons. The van der Waals surface area contributed by atoms with E-state index in [1.807, 2.05) is 12.3 Å². The second-order valence-corrected chi connectivity index (χ2v) is 5.24. The number of pyridine rings is 1. The van der Waals surface area contributed by atoms with Crippen LogP contribution in [0.25, 0.3) is 10.9 Å². The van der Waals surface area contributed by atoms with Crippen molar-refractivity contribution in [2.45, 2.75) is 19.4 Å². The molecule has 0 spiro atoms. The quantitative estimate of drug-likeness (QED) is 0.789. The molecular weight excluding hydrogens is 236 g/mol. The average Bonchev–Trinajstić information content (AvgIpc) is 2.48. The van der Waals surface area contributed by atoms with Gasteiger partial charge in [-0.1, -0.05) is 24.3 Å². The number of aldehydes is 1. The molecule has 3 nitrogen and oxygen atoms in total. The van der Waals surface area contributed by atoms with Crippen molar-refractivity contribution in [1.82, 2.24) is 9.88 Å². The smallest absolute Gasteiger partial charge is 0.123 e. The highest BCUT2D eigenvalue weighted by atomic mass is 16.1. The van der Waals surface area contributed by atoms with E-state index < -0.39 is 0 Å². The molecule has 1 aliphatic heterocycles. The summed E-state index contributed by atoms with van der Waals surface area (Å²) in [5.74, 6) is 0.266. The Morgan fingerprint density at radius 3 is 2.79 bits per heavy atom. The Balaban J connectivity index is 1.77. The van der Waals surface area contributed by atoms with Crippen LogP contribution in [0.3, 0.4) is 0 Å². The van der Waals surface area contributed by atoms with Gasteiger partial charge in [-0.05, 0) is 37.6 Å². The topological polar surface area (TPSA) is 33.2 Å². The minimum atomic E-state index is 0.266. The van der Waals surface area contributed by atoms with E-state index in [0.29, 0.717) is 0 Å². The number of hydrogen-bond acceptors (Lipinski definition) is 3. The van der Waals surface area contributed by atoms with Gasteiger partial charge >= 0.3 is 0 Å². The Morgan fingerprint density at radius 2 is 2.00 bits per heavy atom. The molecule has 1 aromatic carbocycles. The zero-order chi connectivity index (χ0) is 13.1. The standard InChI is InChI=1S/C16H18N2O/c19-12-13-6-9-18(10-7-13)11-15-4-1-3-14-5-2-8-17-16(14)15/h1-5,8,12-13H,6-7,9-11H2. The highest BCUT2D eigenvalue weighted by Gasteiger charge is 2.19. The molecule has 0 N–H and O–H groups in total. The first-order chi connectivity index (χ1) is 9.36. The SMILES string of the molecule is O=CC1CCN(Cc2cccc3cccnc23)CC1. The maximum Gasteiger partial charge on any atom is 0.123 e. The number of piperidine rings is 1. The molecule has 1 aliphatic rings. The summed E-state index contributed by atoms with van der Waals surface area (Å²) in [4.78, 5) is 17.7. The molecule has 0 bridgehead atoms. The number of carbonyl (C=O) groups is 1. The first-order valence-electron chi connectivity index (χ1n) is 6.87. The zero-order valence-corrected chi connectivity index (χ0v) is 11.0. The van der Waals surface area contributed by atoms with Gasteiger partial charge in [0.25, 0.3) is 0 Å². The van der Waals surface area contributed by atoms with Gasteiger partial charge in [0.05, 0.1) is 5.52 Å². The Kier molecular flexibility index (Phi) is 3.56. The lowest BCUT2D eigenvalue weighted by Crippen LogP contribution is -2.33. The molecule has 98 valence electrons. The first kappa shape index (κ1) is 12.3. The molecule has 2 aromatic rings. The summed E-state index contributed by atoms with van der Waals surface area (Å²) >= 11 is 0. The summed E-state index contributed by atoms with van der Waals surface area (Å²) in [5, 5.41) is 1.20. The van der Waals surface area contributed by atoms with Crippen molar-refractivity contribution >= 4 is 17.2 Å². The maximum atomic E-state index is 10.8. The number of benzene rings is 1. The first-order valence-corrected chi connectivity index (χ1v) is 6.87. The van der Waals surface area contributed by atoms with Crippen molar-refractivity contribution in [2.75, 3.05) is 13.1 Å². The molecule has 0 atom stereocenters. The van der Waals surface area contributed by atoms with Crippen molar-refractivity contribution in [3.63, 3.8) is 0 Å². The molecule has 1 aromatic heterocycles. The monoisotopic (exact) mass is 254 g/mol. The van der Waals surface area contributed by atoms with Gasteiger partial charge in [0.2, 0.25) is 0 Å². The van der Waals surface area contributed by atoms with Crippen LogP contribution in [0.1, 0.15) is 18.4 Å². The third kappa shape index (κ3) is 2.66. The number of hydrogen-bond donors (Lipinski definition) is 0. The van der Waals surface area contributed by atoms with E-state index in [-0.39, 0.29) is 5.92 Å². The summed E-state index contributed by atoms with van der Waals surface area (Å²) in [6.07, 6.45) is 4.94. The molecular formula is C16H18N2O. The highest BCUT2D eigenvalue weighted by Crippen LogP contribution is 2.21. The van der Waals surface area contributed by atoms with Gasteiger partial charge < -0.3 is 4.79 Å². The molecule has 1 fully saturated rings. The molecule has 0 unspecified atom stereocenters. The van der Waals surface area contributed by atoms with Crippen LogP contribution >= 0.6 is 0 Å². The van der Waals surface area contributed by atoms with Crippen LogP contribution in [0.4, 0.5) is 0 Å². The molecule has 0 saturated carbocycles. The second-order valence-electron chi connectivity index (χ2n) is 5.24. The van der Waals surface area contributed by atoms with Gasteiger partial charge in [-0.3, -0.25) is 9.88 Å². The van der Waals surface area contributed by atoms with Gasteiger partial charge in [0.15, 0.2) is 0 Å². The van der Waals surface area contributed by atoms with E-state index >= 15 is 0 Å². The summed E-state index contributed by atoms with van der Waals surface area (Å²) in [5.41, 5.74) is 2.38. The molecule has 3 heteroatoms. The molecule has 19 heavy (non-hydrogen) atoms. The summed E-state index contributed by atoms with van der Waals surface area (Å²) in [6.45, 7) is 2.94. The molecule has 0 aliphatic carbocycles. The Labute approximate surface area is 113 Å². The predicted octanol–water partition coefficient (Wildman–Crippen LogP) is 2.65. The van der Waals surface area contributed by atoms with Crippen molar-refractivity contribution in [3.8, 4) is 0 Å². The molecule has 2 heterocycles. The van der Waals surface area contributed by atoms with Crippen LogP contribution < -0.4 is 0 Å². The van der Waals surface area contributed by atoms with Gasteiger partial charge in [0, 0.05) is 24.0 Å². The normalized spacial score (nSPS) is 17.7. The van der Waals surface area contributed by atoms with Gasteiger partial charge in [-0.25, -0.2) is 0 Å². The van der Waals surface area contributed by atoms with Gasteiger partial charge in [-0.15, -0.1) is 0 Å². The summed E-state index contributed by atoms with van der Waals surface area (Å²) < 4.78 is 0. The van der Waals surface area contributed by atoms with Crippen LogP contribution in [0, 0.1) is 5.92 Å². The van der Waals surface area contributed by atoms with Crippen molar-refractivity contribution in [3.05, 3.63) is 42.1 Å². The van der Waals surface area contributed by atoms with Gasteiger partial charge in [-0.2, -0.15) is 0 Å². The number of rotatable bonds is 3. The Hall–Kier alpha value is -1.74. The Bertz CT molecular complexity index is 568. The lowest BCUT2D eigenvalue weighted by Gasteiger charge is -2.29. The highest BCUT2D eigenvalue weighted by molar-refractivity contribution is 5.81. The van der Waals surface area contributed by atoms with Crippen LogP contribution in [0.2, 0.25) is 0 Å². The maximum absolute atomic E-state index is 10.8. The fraction of sp³-hybridized carbons (Fsp3) is 0.375. The van der Waals surface area contributed by atoms with E-state index in [0.717, 1.165) is 44.3 Å². The largest absolute Gasteiger partial charge is 0.303 e. The van der Waals surface area contributed by atoms with Crippen LogP contribution in [0.5, 0.6) is 0 Å². The van der Waals surface area contributed by atoms with Crippen LogP contribution in [0.15, 0.2) is 36.5 Å². The Morgan fingerprint density at radius 1 is 1.21 bits per heavy atom. The van der Waals surface area contributed by atoms with E-state index in [1.165, 1.54) is 10.9 Å². The van der Waals surface area contributed by atoms with E-state index in [9.17, 15) is 4.79 Å². The van der Waals surface area contributed by atoms with E-state index in [2.05, 4.69) is 34.1 Å². The molecule has 0 amide bonds. The minimum absolute atomic E-state index is 0.266. The fourth-order valence-corrected chi connectivity index (χ4v) is 2.78. The van der Waals surface area contributed by atoms with Crippen molar-refractivity contribution < 1.29 is 4.79 Å². The molecule has 1 saturated heterocycles.